The van der Waals surface area contributed by atoms with Crippen molar-refractivity contribution in [1.29, 1.82) is 0 Å². The van der Waals surface area contributed by atoms with Crippen molar-refractivity contribution in [2.75, 3.05) is 18.0 Å². The minimum absolute atomic E-state index is 0.643. The van der Waals surface area contributed by atoms with Crippen molar-refractivity contribution in [3.8, 4) is 0 Å². The molecule has 82 valence electrons. The molecular weight excluding hydrogens is 196 g/mol. The number of anilines is 2. The first-order valence-electron chi connectivity index (χ1n) is 5.49. The minimum Gasteiger partial charge on any atom is -0.340 e. The van der Waals surface area contributed by atoms with Crippen LogP contribution in [0, 0.1) is 0 Å². The second-order valence-corrected chi connectivity index (χ2v) is 3.61. The summed E-state index contributed by atoms with van der Waals surface area (Å²) in [5.41, 5.74) is 8.02. The highest BCUT2D eigenvalue weighted by molar-refractivity contribution is 5.62. The Bertz CT molecular complexity index is 372. The van der Waals surface area contributed by atoms with E-state index in [-0.39, 0.29) is 0 Å². The van der Waals surface area contributed by atoms with Crippen LogP contribution >= 0.6 is 0 Å². The summed E-state index contributed by atoms with van der Waals surface area (Å²) in [6.45, 7) is 1.47. The van der Waals surface area contributed by atoms with Crippen LogP contribution in [0.25, 0.3) is 0 Å². The summed E-state index contributed by atoms with van der Waals surface area (Å²) in [6, 6.07) is 20.6. The van der Waals surface area contributed by atoms with Gasteiger partial charge in [-0.2, -0.15) is 0 Å². The molecule has 2 aromatic rings. The molecule has 0 bridgehead atoms. The van der Waals surface area contributed by atoms with Gasteiger partial charge < -0.3 is 10.6 Å². The van der Waals surface area contributed by atoms with Crippen LogP contribution in [0.15, 0.2) is 60.7 Å². The molecule has 0 saturated carbocycles. The van der Waals surface area contributed by atoms with Crippen LogP contribution in [0.4, 0.5) is 11.4 Å². The first-order valence-corrected chi connectivity index (χ1v) is 5.49. The average molecular weight is 212 g/mol. The van der Waals surface area contributed by atoms with Crippen molar-refractivity contribution in [2.24, 2.45) is 5.73 Å². The lowest BCUT2D eigenvalue weighted by molar-refractivity contribution is 0.922. The number of hydrogen-bond donors (Lipinski definition) is 1. The summed E-state index contributed by atoms with van der Waals surface area (Å²) >= 11 is 0. The van der Waals surface area contributed by atoms with E-state index in [1.165, 1.54) is 11.4 Å². The maximum atomic E-state index is 5.66. The third-order valence-corrected chi connectivity index (χ3v) is 2.49. The van der Waals surface area contributed by atoms with E-state index >= 15 is 0 Å². The molecule has 2 rings (SSSR count). The third kappa shape index (κ3) is 2.41. The van der Waals surface area contributed by atoms with Crippen molar-refractivity contribution in [3.63, 3.8) is 0 Å². The fourth-order valence-corrected chi connectivity index (χ4v) is 1.75. The summed E-state index contributed by atoms with van der Waals surface area (Å²) in [7, 11) is 0. The second kappa shape index (κ2) is 5.33. The fraction of sp³-hybridized carbons (Fsp3) is 0.143. The van der Waals surface area contributed by atoms with Gasteiger partial charge in [-0.05, 0) is 24.3 Å². The summed E-state index contributed by atoms with van der Waals surface area (Å²) in [4.78, 5) is 2.22. The molecule has 2 heteroatoms. The standard InChI is InChI=1S/C14H16N2/c15-11-12-16(13-7-3-1-4-8-13)14-9-5-2-6-10-14/h1-10H,11-12,15H2. The Hall–Kier alpha value is -1.80. The molecule has 0 atom stereocenters. The van der Waals surface area contributed by atoms with E-state index in [1.54, 1.807) is 0 Å². The summed E-state index contributed by atoms with van der Waals surface area (Å²) < 4.78 is 0. The molecule has 0 unspecified atom stereocenters. The zero-order chi connectivity index (χ0) is 11.2. The number of hydrogen-bond acceptors (Lipinski definition) is 2. The van der Waals surface area contributed by atoms with Crippen LogP contribution in [0.2, 0.25) is 0 Å². The van der Waals surface area contributed by atoms with E-state index in [2.05, 4.69) is 29.2 Å². The predicted molar refractivity (Wildman–Crippen MR) is 68.9 cm³/mol. The Morgan fingerprint density at radius 1 is 0.750 bits per heavy atom. The molecule has 16 heavy (non-hydrogen) atoms. The number of para-hydroxylation sites is 2. The Kier molecular flexibility index (Phi) is 3.57. The van der Waals surface area contributed by atoms with E-state index in [0.717, 1.165) is 6.54 Å². The third-order valence-electron chi connectivity index (χ3n) is 2.49. The summed E-state index contributed by atoms with van der Waals surface area (Å²) in [6.07, 6.45) is 0. The lowest BCUT2D eigenvalue weighted by Gasteiger charge is -2.24. The molecule has 0 fully saturated rings. The van der Waals surface area contributed by atoms with Crippen LogP contribution in [0.5, 0.6) is 0 Å². The van der Waals surface area contributed by atoms with Gasteiger partial charge in [-0.15, -0.1) is 0 Å². The number of nitrogens with two attached hydrogens (primary N) is 1. The normalized spacial score (nSPS) is 10.1. The van der Waals surface area contributed by atoms with E-state index < -0.39 is 0 Å². The molecule has 2 nitrogen and oxygen atoms in total. The van der Waals surface area contributed by atoms with Gasteiger partial charge in [0, 0.05) is 24.5 Å². The highest BCUT2D eigenvalue weighted by Crippen LogP contribution is 2.23. The Balaban J connectivity index is 2.31. The van der Waals surface area contributed by atoms with Crippen LogP contribution in [-0.2, 0) is 0 Å². The van der Waals surface area contributed by atoms with Gasteiger partial charge in [-0.1, -0.05) is 36.4 Å². The summed E-state index contributed by atoms with van der Waals surface area (Å²) in [5.74, 6) is 0. The topological polar surface area (TPSA) is 29.3 Å². The SMILES string of the molecule is NCCN(c1ccccc1)c1ccccc1. The molecule has 2 aromatic carbocycles. The van der Waals surface area contributed by atoms with Crippen LogP contribution < -0.4 is 10.6 Å². The van der Waals surface area contributed by atoms with Gasteiger partial charge in [-0.25, -0.2) is 0 Å². The number of benzene rings is 2. The molecule has 0 radical (unpaired) electrons. The van der Waals surface area contributed by atoms with Crippen LogP contribution in [0.3, 0.4) is 0 Å². The van der Waals surface area contributed by atoms with Gasteiger partial charge in [0.2, 0.25) is 0 Å². The minimum atomic E-state index is 0.643. The van der Waals surface area contributed by atoms with E-state index in [4.69, 9.17) is 5.73 Å². The quantitative estimate of drug-likeness (QED) is 0.844. The fourth-order valence-electron chi connectivity index (χ4n) is 1.75. The highest BCUT2D eigenvalue weighted by Gasteiger charge is 2.06. The van der Waals surface area contributed by atoms with Gasteiger partial charge in [0.15, 0.2) is 0 Å². The molecule has 0 amide bonds. The largest absolute Gasteiger partial charge is 0.340 e. The van der Waals surface area contributed by atoms with Crippen LogP contribution in [0.1, 0.15) is 0 Å². The van der Waals surface area contributed by atoms with Crippen molar-refractivity contribution in [1.82, 2.24) is 0 Å². The van der Waals surface area contributed by atoms with Gasteiger partial charge in [0.1, 0.15) is 0 Å². The molecule has 0 aliphatic heterocycles. The number of nitrogens with zero attached hydrogens (tertiary/aromatic N) is 1. The van der Waals surface area contributed by atoms with E-state index in [9.17, 15) is 0 Å². The average Bonchev–Trinajstić information content (AvgIpc) is 2.38. The molecule has 0 aromatic heterocycles. The molecular formula is C14H16N2. The molecule has 0 aliphatic carbocycles. The van der Waals surface area contributed by atoms with E-state index in [1.807, 2.05) is 36.4 Å². The van der Waals surface area contributed by atoms with Crippen molar-refractivity contribution in [3.05, 3.63) is 60.7 Å². The smallest absolute Gasteiger partial charge is 0.0411 e. The predicted octanol–water partition coefficient (Wildman–Crippen LogP) is 2.78. The first kappa shape index (κ1) is 10.7. The zero-order valence-electron chi connectivity index (χ0n) is 9.21. The maximum absolute atomic E-state index is 5.66. The first-order chi connectivity index (χ1) is 7.92. The van der Waals surface area contributed by atoms with Crippen LogP contribution in [-0.4, -0.2) is 13.1 Å². The van der Waals surface area contributed by atoms with Gasteiger partial charge in [-0.3, -0.25) is 0 Å². The molecule has 0 heterocycles. The highest BCUT2D eigenvalue weighted by atomic mass is 15.1. The lowest BCUT2D eigenvalue weighted by atomic mass is 10.2. The number of rotatable bonds is 4. The Morgan fingerprint density at radius 2 is 1.19 bits per heavy atom. The zero-order valence-corrected chi connectivity index (χ0v) is 9.21. The van der Waals surface area contributed by atoms with Crippen molar-refractivity contribution < 1.29 is 0 Å². The second-order valence-electron chi connectivity index (χ2n) is 3.61. The molecule has 0 saturated heterocycles. The van der Waals surface area contributed by atoms with Crippen molar-refractivity contribution in [2.45, 2.75) is 0 Å². The van der Waals surface area contributed by atoms with Crippen molar-refractivity contribution >= 4 is 11.4 Å². The molecule has 2 N–H and O–H groups in total. The van der Waals surface area contributed by atoms with Gasteiger partial charge >= 0.3 is 0 Å². The van der Waals surface area contributed by atoms with E-state index in [0.29, 0.717) is 6.54 Å². The monoisotopic (exact) mass is 212 g/mol. The lowest BCUT2D eigenvalue weighted by Crippen LogP contribution is -2.24. The summed E-state index contributed by atoms with van der Waals surface area (Å²) in [5, 5.41) is 0. The Labute approximate surface area is 96.3 Å². The molecule has 0 aliphatic rings. The molecule has 0 spiro atoms. The maximum Gasteiger partial charge on any atom is 0.0411 e. The van der Waals surface area contributed by atoms with Gasteiger partial charge in [0.05, 0.1) is 0 Å². The Morgan fingerprint density at radius 3 is 1.56 bits per heavy atom. The van der Waals surface area contributed by atoms with Gasteiger partial charge in [0.25, 0.3) is 0 Å².